The Morgan fingerprint density at radius 3 is 2.22 bits per heavy atom. The van der Waals surface area contributed by atoms with Gasteiger partial charge in [0.15, 0.2) is 6.17 Å². The molecule has 0 saturated heterocycles. The summed E-state index contributed by atoms with van der Waals surface area (Å²) in [6.07, 6.45) is -2.41. The van der Waals surface area contributed by atoms with Crippen molar-refractivity contribution in [3.8, 4) is 6.07 Å². The molecule has 0 N–H and O–H groups in total. The van der Waals surface area contributed by atoms with Gasteiger partial charge in [0.2, 0.25) is 0 Å². The van der Waals surface area contributed by atoms with Gasteiger partial charge in [-0.1, -0.05) is 0 Å². The summed E-state index contributed by atoms with van der Waals surface area (Å²) in [6, 6.07) is 1.33. The van der Waals surface area contributed by atoms with E-state index in [1.807, 2.05) is 0 Å². The summed E-state index contributed by atoms with van der Waals surface area (Å²) in [5.74, 6) is -4.78. The normalized spacial score (nSPS) is 38.9. The molecule has 4 heteroatoms. The van der Waals surface area contributed by atoms with Gasteiger partial charge in [-0.25, -0.2) is 13.2 Å². The zero-order chi connectivity index (χ0) is 7.07. The van der Waals surface area contributed by atoms with Gasteiger partial charge in [-0.05, 0) is 0 Å². The number of hydrogen-bond acceptors (Lipinski definition) is 1. The maximum absolute atomic E-state index is 12.0. The van der Waals surface area contributed by atoms with Crippen LogP contribution in [-0.4, -0.2) is 12.1 Å². The van der Waals surface area contributed by atoms with Crippen LogP contribution in [0.4, 0.5) is 13.2 Å². The van der Waals surface area contributed by atoms with Crippen molar-refractivity contribution < 1.29 is 13.2 Å². The van der Waals surface area contributed by atoms with Gasteiger partial charge in [0, 0.05) is 6.42 Å². The Balaban J connectivity index is 2.61. The molecule has 1 aliphatic rings. The lowest BCUT2D eigenvalue weighted by Crippen LogP contribution is -2.49. The van der Waals surface area contributed by atoms with Crippen molar-refractivity contribution in [2.24, 2.45) is 5.92 Å². The van der Waals surface area contributed by atoms with E-state index < -0.39 is 18.0 Å². The second-order valence-electron chi connectivity index (χ2n) is 2.06. The van der Waals surface area contributed by atoms with Crippen LogP contribution >= 0.6 is 0 Å². The van der Waals surface area contributed by atoms with Crippen LogP contribution in [0.5, 0.6) is 0 Å². The van der Waals surface area contributed by atoms with Gasteiger partial charge in [-0.3, -0.25) is 0 Å². The van der Waals surface area contributed by atoms with E-state index in [-0.39, 0.29) is 6.42 Å². The van der Waals surface area contributed by atoms with Gasteiger partial charge >= 0.3 is 0 Å². The molecule has 0 aromatic heterocycles. The van der Waals surface area contributed by atoms with E-state index in [1.165, 1.54) is 6.07 Å². The first-order valence-electron chi connectivity index (χ1n) is 2.50. The van der Waals surface area contributed by atoms with E-state index in [9.17, 15) is 13.2 Å². The van der Waals surface area contributed by atoms with Gasteiger partial charge in [-0.15, -0.1) is 0 Å². The second-order valence-corrected chi connectivity index (χ2v) is 2.06. The van der Waals surface area contributed by atoms with E-state index in [2.05, 4.69) is 0 Å². The van der Waals surface area contributed by atoms with Crippen LogP contribution in [0, 0.1) is 17.2 Å². The fourth-order valence-corrected chi connectivity index (χ4v) is 0.718. The Kier molecular flexibility index (Phi) is 1.16. The van der Waals surface area contributed by atoms with Crippen molar-refractivity contribution in [2.75, 3.05) is 0 Å². The highest BCUT2D eigenvalue weighted by molar-refractivity contribution is 5.07. The van der Waals surface area contributed by atoms with Gasteiger partial charge < -0.3 is 0 Å². The van der Waals surface area contributed by atoms with E-state index in [1.54, 1.807) is 0 Å². The smallest absolute Gasteiger partial charge is 0.241 e. The number of nitriles is 1. The van der Waals surface area contributed by atoms with Crippen molar-refractivity contribution in [3.63, 3.8) is 0 Å². The largest absolute Gasteiger partial charge is 0.294 e. The van der Waals surface area contributed by atoms with Crippen LogP contribution < -0.4 is 0 Å². The molecule has 0 bridgehead atoms. The van der Waals surface area contributed by atoms with Crippen LogP contribution in [0.15, 0.2) is 0 Å². The number of halogens is 3. The quantitative estimate of drug-likeness (QED) is 0.493. The molecule has 9 heavy (non-hydrogen) atoms. The van der Waals surface area contributed by atoms with Gasteiger partial charge in [-0.2, -0.15) is 5.26 Å². The van der Waals surface area contributed by atoms with Crippen LogP contribution in [-0.2, 0) is 0 Å². The molecule has 0 aromatic rings. The Labute approximate surface area is 50.1 Å². The van der Waals surface area contributed by atoms with E-state index in [4.69, 9.17) is 5.26 Å². The molecular weight excluding hydrogens is 131 g/mol. The number of rotatable bonds is 0. The third-order valence-corrected chi connectivity index (χ3v) is 1.48. The molecule has 0 aromatic carbocycles. The average Bonchev–Trinajstić information content (AvgIpc) is 1.82. The predicted molar refractivity (Wildman–Crippen MR) is 23.6 cm³/mol. The second kappa shape index (κ2) is 1.63. The number of hydrogen-bond donors (Lipinski definition) is 0. The molecule has 0 aliphatic heterocycles. The lowest BCUT2D eigenvalue weighted by atomic mass is 9.80. The van der Waals surface area contributed by atoms with Crippen LogP contribution in [0.1, 0.15) is 6.42 Å². The number of nitrogens with zero attached hydrogens (tertiary/aromatic N) is 1. The lowest BCUT2D eigenvalue weighted by molar-refractivity contribution is -0.173. The van der Waals surface area contributed by atoms with E-state index in [0.29, 0.717) is 0 Å². The molecule has 1 nitrogen and oxygen atoms in total. The zero-order valence-electron chi connectivity index (χ0n) is 4.44. The van der Waals surface area contributed by atoms with Gasteiger partial charge in [0.1, 0.15) is 5.92 Å². The molecule has 2 atom stereocenters. The van der Waals surface area contributed by atoms with Crippen molar-refractivity contribution >= 4 is 0 Å². The SMILES string of the molecule is N#CC1CC(F)C1(F)F. The Bertz CT molecular complexity index is 160. The first kappa shape index (κ1) is 6.40. The summed E-state index contributed by atoms with van der Waals surface area (Å²) in [6.45, 7) is 0. The summed E-state index contributed by atoms with van der Waals surface area (Å²) >= 11 is 0. The topological polar surface area (TPSA) is 23.8 Å². The molecular formula is C5H4F3N. The van der Waals surface area contributed by atoms with Crippen LogP contribution in [0.2, 0.25) is 0 Å². The lowest BCUT2D eigenvalue weighted by Gasteiger charge is -2.34. The van der Waals surface area contributed by atoms with Crippen molar-refractivity contribution in [1.82, 2.24) is 0 Å². The third-order valence-electron chi connectivity index (χ3n) is 1.48. The van der Waals surface area contributed by atoms with Crippen LogP contribution in [0.3, 0.4) is 0 Å². The van der Waals surface area contributed by atoms with Gasteiger partial charge in [0.25, 0.3) is 5.92 Å². The highest BCUT2D eigenvalue weighted by Crippen LogP contribution is 2.45. The molecule has 2 unspecified atom stereocenters. The van der Waals surface area contributed by atoms with E-state index in [0.717, 1.165) is 0 Å². The zero-order valence-corrected chi connectivity index (χ0v) is 4.44. The fraction of sp³-hybridized carbons (Fsp3) is 0.800. The summed E-state index contributed by atoms with van der Waals surface area (Å²) < 4.78 is 35.8. The van der Waals surface area contributed by atoms with Crippen LogP contribution in [0.25, 0.3) is 0 Å². The van der Waals surface area contributed by atoms with E-state index >= 15 is 0 Å². The molecule has 0 amide bonds. The highest BCUT2D eigenvalue weighted by atomic mass is 19.3. The molecule has 1 saturated carbocycles. The highest BCUT2D eigenvalue weighted by Gasteiger charge is 2.58. The summed E-state index contributed by atoms with van der Waals surface area (Å²) in [4.78, 5) is 0. The average molecular weight is 135 g/mol. The summed E-state index contributed by atoms with van der Waals surface area (Å²) in [7, 11) is 0. The van der Waals surface area contributed by atoms with Crippen molar-refractivity contribution in [1.29, 1.82) is 5.26 Å². The Morgan fingerprint density at radius 1 is 1.56 bits per heavy atom. The monoisotopic (exact) mass is 135 g/mol. The fourth-order valence-electron chi connectivity index (χ4n) is 0.718. The van der Waals surface area contributed by atoms with Gasteiger partial charge in [0.05, 0.1) is 6.07 Å². The molecule has 1 fully saturated rings. The molecule has 0 spiro atoms. The minimum Gasteiger partial charge on any atom is -0.241 e. The summed E-state index contributed by atoms with van der Waals surface area (Å²) in [5, 5.41) is 7.94. The van der Waals surface area contributed by atoms with Crippen molar-refractivity contribution in [3.05, 3.63) is 0 Å². The molecule has 1 aliphatic carbocycles. The molecule has 0 heterocycles. The maximum atomic E-state index is 12.0. The molecule has 1 rings (SSSR count). The standard InChI is InChI=1S/C5H4F3N/c6-4-1-3(2-9)5(4,7)8/h3-4H,1H2. The molecule has 50 valence electrons. The Morgan fingerprint density at radius 2 is 2.11 bits per heavy atom. The Hall–Kier alpha value is -0.720. The first-order valence-corrected chi connectivity index (χ1v) is 2.50. The van der Waals surface area contributed by atoms with Crippen molar-refractivity contribution in [2.45, 2.75) is 18.5 Å². The minimum absolute atomic E-state index is 0.316. The molecule has 0 radical (unpaired) electrons. The number of alkyl halides is 3. The maximum Gasteiger partial charge on any atom is 0.294 e. The third kappa shape index (κ3) is 0.680. The first-order chi connectivity index (χ1) is 4.09. The minimum atomic E-state index is -3.38. The summed E-state index contributed by atoms with van der Waals surface area (Å²) in [5.41, 5.74) is 0. The predicted octanol–water partition coefficient (Wildman–Crippen LogP) is 1.50.